The first-order valence-corrected chi connectivity index (χ1v) is 12.3. The van der Waals surface area contributed by atoms with Crippen molar-refractivity contribution in [3.63, 3.8) is 0 Å². The minimum atomic E-state index is -1.17. The van der Waals surface area contributed by atoms with Crippen molar-refractivity contribution in [2.45, 2.75) is 34.7 Å². The van der Waals surface area contributed by atoms with E-state index >= 15 is 0 Å². The van der Waals surface area contributed by atoms with Crippen LogP contribution in [0.15, 0.2) is 89.8 Å². The summed E-state index contributed by atoms with van der Waals surface area (Å²) in [5, 5.41) is 11.6. The Morgan fingerprint density at radius 1 is 0.857 bits per heavy atom. The lowest BCUT2D eigenvalue weighted by Gasteiger charge is -2.49. The van der Waals surface area contributed by atoms with Gasteiger partial charge in [-0.15, -0.1) is 0 Å². The number of thioether (sulfide) groups is 1. The number of aliphatic hydroxyl groups is 1. The molecule has 0 aliphatic carbocycles. The van der Waals surface area contributed by atoms with Crippen molar-refractivity contribution in [3.8, 4) is 0 Å². The van der Waals surface area contributed by atoms with Gasteiger partial charge in [-0.1, -0.05) is 72.4 Å². The highest BCUT2D eigenvalue weighted by Gasteiger charge is 2.56. The van der Waals surface area contributed by atoms with E-state index in [4.69, 9.17) is 14.0 Å². The number of nitrogens with zero attached hydrogens (tertiary/aromatic N) is 1. The number of benzene rings is 3. The summed E-state index contributed by atoms with van der Waals surface area (Å²) in [6, 6.07) is 24.7. The molecule has 35 heavy (non-hydrogen) atoms. The molecular formula is C26H22BNO6S. The van der Waals surface area contributed by atoms with Crippen LogP contribution in [0.3, 0.4) is 0 Å². The number of hydrogen-bond acceptors (Lipinski definition) is 7. The maximum Gasteiger partial charge on any atom is 0.494 e. The Morgan fingerprint density at radius 3 is 2.11 bits per heavy atom. The van der Waals surface area contributed by atoms with Gasteiger partial charge in [-0.05, 0) is 29.7 Å². The molecule has 3 heterocycles. The van der Waals surface area contributed by atoms with E-state index < -0.39 is 48.7 Å². The van der Waals surface area contributed by atoms with Gasteiger partial charge in [0.25, 0.3) is 11.8 Å². The molecule has 2 amide bonds. The molecule has 0 spiro atoms. The largest absolute Gasteiger partial charge is 0.494 e. The minimum Gasteiger partial charge on any atom is -0.404 e. The van der Waals surface area contributed by atoms with Gasteiger partial charge in [0.1, 0.15) is 23.7 Å². The van der Waals surface area contributed by atoms with E-state index in [1.807, 2.05) is 60.7 Å². The summed E-state index contributed by atoms with van der Waals surface area (Å²) in [6.07, 6.45) is -2.51. The number of aliphatic hydroxyl groups excluding tert-OH is 1. The summed E-state index contributed by atoms with van der Waals surface area (Å²) >= 11 is 1.36. The normalized spacial score (nSPS) is 28.1. The number of imide groups is 1. The molecule has 1 N–H and O–H groups in total. The highest BCUT2D eigenvalue weighted by molar-refractivity contribution is 7.99. The Bertz CT molecular complexity index is 1210. The fourth-order valence-electron chi connectivity index (χ4n) is 4.84. The Kier molecular flexibility index (Phi) is 5.95. The molecule has 7 nitrogen and oxygen atoms in total. The topological polar surface area (TPSA) is 85.3 Å². The molecule has 5 atom stereocenters. The first kappa shape index (κ1) is 22.5. The molecule has 3 aliphatic rings. The first-order valence-electron chi connectivity index (χ1n) is 11.5. The molecule has 9 heteroatoms. The zero-order chi connectivity index (χ0) is 23.9. The van der Waals surface area contributed by atoms with Crippen molar-refractivity contribution in [3.05, 3.63) is 96.1 Å². The number of fused-ring (bicyclic) bond motifs is 2. The summed E-state index contributed by atoms with van der Waals surface area (Å²) in [5.74, 6) is -0.885. The van der Waals surface area contributed by atoms with Crippen LogP contribution in [0, 0.1) is 0 Å². The SMILES string of the molecule is O=C1c2ccccc2C(=O)N1[C@@H]1[C@@H](O)[C@@H]2OB(c3ccccc3)OC[C@H]2O[C@H]1Sc1ccccc1. The highest BCUT2D eigenvalue weighted by atomic mass is 32.2. The molecule has 0 radical (unpaired) electrons. The number of amides is 2. The molecule has 3 aromatic carbocycles. The molecule has 0 unspecified atom stereocenters. The van der Waals surface area contributed by atoms with E-state index in [2.05, 4.69) is 0 Å². The first-order chi connectivity index (χ1) is 17.1. The molecule has 6 rings (SSSR count). The molecule has 0 saturated carbocycles. The number of hydrogen-bond donors (Lipinski definition) is 1. The lowest BCUT2D eigenvalue weighted by atomic mass is 9.76. The maximum absolute atomic E-state index is 13.4. The van der Waals surface area contributed by atoms with Crippen molar-refractivity contribution in [2.75, 3.05) is 6.61 Å². The third-order valence-corrected chi connectivity index (χ3v) is 7.69. The average Bonchev–Trinajstić information content (AvgIpc) is 3.15. The zero-order valence-electron chi connectivity index (χ0n) is 18.6. The van der Waals surface area contributed by atoms with Crippen molar-refractivity contribution < 1.29 is 28.7 Å². The van der Waals surface area contributed by atoms with E-state index in [1.165, 1.54) is 11.8 Å². The van der Waals surface area contributed by atoms with Crippen molar-refractivity contribution in [2.24, 2.45) is 0 Å². The van der Waals surface area contributed by atoms with Gasteiger partial charge in [-0.25, -0.2) is 0 Å². The Morgan fingerprint density at radius 2 is 1.46 bits per heavy atom. The van der Waals surface area contributed by atoms with Gasteiger partial charge in [-0.2, -0.15) is 0 Å². The lowest BCUT2D eigenvalue weighted by Crippen LogP contribution is -2.68. The summed E-state index contributed by atoms with van der Waals surface area (Å²) < 4.78 is 18.5. The van der Waals surface area contributed by atoms with Crippen LogP contribution >= 0.6 is 11.8 Å². The van der Waals surface area contributed by atoms with Crippen LogP contribution in [0.25, 0.3) is 0 Å². The third kappa shape index (κ3) is 3.99. The second-order valence-electron chi connectivity index (χ2n) is 8.66. The van der Waals surface area contributed by atoms with Crippen LogP contribution in [0.2, 0.25) is 0 Å². The second-order valence-corrected chi connectivity index (χ2v) is 9.83. The van der Waals surface area contributed by atoms with Gasteiger partial charge in [0, 0.05) is 4.90 Å². The summed E-state index contributed by atoms with van der Waals surface area (Å²) in [6.45, 7) is 0.210. The smallest absolute Gasteiger partial charge is 0.404 e. The van der Waals surface area contributed by atoms with E-state index in [0.29, 0.717) is 11.1 Å². The summed E-state index contributed by atoms with van der Waals surface area (Å²) in [4.78, 5) is 28.8. The molecule has 2 fully saturated rings. The van der Waals surface area contributed by atoms with Crippen LogP contribution in [-0.2, 0) is 14.0 Å². The molecule has 3 aromatic rings. The minimum absolute atomic E-state index is 0.210. The molecule has 0 aromatic heterocycles. The van der Waals surface area contributed by atoms with Gasteiger partial charge in [0.2, 0.25) is 0 Å². The van der Waals surface area contributed by atoms with Gasteiger partial charge >= 0.3 is 7.12 Å². The van der Waals surface area contributed by atoms with Crippen molar-refractivity contribution >= 4 is 36.2 Å². The van der Waals surface area contributed by atoms with E-state index in [0.717, 1.165) is 15.3 Å². The lowest BCUT2D eigenvalue weighted by molar-refractivity contribution is -0.192. The zero-order valence-corrected chi connectivity index (χ0v) is 19.4. The Balaban J connectivity index is 1.34. The van der Waals surface area contributed by atoms with Crippen LogP contribution in [0.5, 0.6) is 0 Å². The van der Waals surface area contributed by atoms with Crippen LogP contribution in [0.1, 0.15) is 20.7 Å². The molecule has 0 bridgehead atoms. The summed E-state index contributed by atoms with van der Waals surface area (Å²) in [5.41, 5.74) is 0.753. The predicted octanol–water partition coefficient (Wildman–Crippen LogP) is 2.34. The third-order valence-electron chi connectivity index (χ3n) is 6.52. The standard InChI is InChI=1S/C26H22BNO6S/c29-22-21(28-24(30)18-13-7-8-14-19(18)25(28)31)26(35-17-11-5-2-6-12-17)33-20-15-32-27(34-23(20)22)16-9-3-1-4-10-16/h1-14,20-23,26,29H,15H2/t20-,21-,22-,23-,26+/m1/s1. The molecule has 176 valence electrons. The molecular weight excluding hydrogens is 465 g/mol. The highest BCUT2D eigenvalue weighted by Crippen LogP contribution is 2.40. The van der Waals surface area contributed by atoms with Gasteiger partial charge in [0.05, 0.1) is 23.8 Å². The fourth-order valence-corrected chi connectivity index (χ4v) is 6.04. The van der Waals surface area contributed by atoms with Crippen molar-refractivity contribution in [1.29, 1.82) is 0 Å². The number of carbonyl (C=O) groups is 2. The summed E-state index contributed by atoms with van der Waals surface area (Å²) in [7, 11) is -0.683. The number of ether oxygens (including phenoxy) is 1. The molecule has 2 saturated heterocycles. The van der Waals surface area contributed by atoms with Gasteiger partial charge in [0.15, 0.2) is 0 Å². The van der Waals surface area contributed by atoms with E-state index in [-0.39, 0.29) is 6.61 Å². The monoisotopic (exact) mass is 487 g/mol. The van der Waals surface area contributed by atoms with E-state index in [9.17, 15) is 14.7 Å². The number of carbonyl (C=O) groups excluding carboxylic acids is 2. The fraction of sp³-hybridized carbons (Fsp3) is 0.231. The Hall–Kier alpha value is -2.95. The van der Waals surface area contributed by atoms with Crippen molar-refractivity contribution in [1.82, 2.24) is 4.90 Å². The van der Waals surface area contributed by atoms with E-state index in [1.54, 1.807) is 24.3 Å². The second kappa shape index (κ2) is 9.25. The van der Waals surface area contributed by atoms with Gasteiger partial charge in [-0.3, -0.25) is 14.5 Å². The van der Waals surface area contributed by atoms with Crippen LogP contribution in [0.4, 0.5) is 0 Å². The average molecular weight is 487 g/mol. The van der Waals surface area contributed by atoms with Crippen LogP contribution < -0.4 is 5.46 Å². The maximum atomic E-state index is 13.4. The Labute approximate surface area is 207 Å². The predicted molar refractivity (Wildman–Crippen MR) is 130 cm³/mol. The quantitative estimate of drug-likeness (QED) is 0.447. The molecule has 3 aliphatic heterocycles. The van der Waals surface area contributed by atoms with Gasteiger partial charge < -0.3 is 19.2 Å². The number of rotatable bonds is 4. The van der Waals surface area contributed by atoms with Crippen LogP contribution in [-0.4, -0.2) is 65.3 Å².